The Morgan fingerprint density at radius 3 is 1.92 bits per heavy atom. The topological polar surface area (TPSA) is 73.8 Å². The molecule has 6 fully saturated rings. The molecule has 0 spiro atoms. The average molecular weight is 365 g/mol. The summed E-state index contributed by atoms with van der Waals surface area (Å²) < 4.78 is 22.2. The van der Waals surface area contributed by atoms with Crippen molar-refractivity contribution in [3.63, 3.8) is 0 Å². The molecule has 0 aromatic carbocycles. The summed E-state index contributed by atoms with van der Waals surface area (Å²) >= 11 is -1.18. The lowest BCUT2D eigenvalue weighted by atomic mass is 8.93. The van der Waals surface area contributed by atoms with Gasteiger partial charge < -0.3 is 14.6 Å². The van der Waals surface area contributed by atoms with Gasteiger partial charge in [0.2, 0.25) is 0 Å². The highest BCUT2D eigenvalue weighted by Gasteiger charge is 3.11. The van der Waals surface area contributed by atoms with Gasteiger partial charge in [-0.15, -0.1) is 0 Å². The van der Waals surface area contributed by atoms with Crippen molar-refractivity contribution in [2.45, 2.75) is 64.4 Å². The summed E-state index contributed by atoms with van der Waals surface area (Å²) in [5, 5.41) is 3.22. The summed E-state index contributed by atoms with van der Waals surface area (Å²) in [4.78, 5) is 12.2. The van der Waals surface area contributed by atoms with Crippen molar-refractivity contribution in [3.05, 3.63) is 0 Å². The number of carbonyl (C=O) groups excluding carboxylic acids is 1. The molecule has 6 aliphatic rings. The van der Waals surface area contributed by atoms with Gasteiger partial charge in [-0.3, -0.25) is 0 Å². The third-order valence-electron chi connectivity index (χ3n) is 7.72. The number of amides is 1. The first-order chi connectivity index (χ1) is 11.4. The van der Waals surface area contributed by atoms with E-state index in [0.717, 1.165) is 5.71 Å². The Balaban J connectivity index is 1.29. The maximum Gasteiger partial charge on any atom is 0.408 e. The van der Waals surface area contributed by atoms with Crippen LogP contribution in [-0.2, 0) is 16.1 Å². The van der Waals surface area contributed by atoms with Crippen LogP contribution in [0.1, 0.15) is 48.5 Å². The number of alkyl carbamates (subject to hydrolysis) is 1. The van der Waals surface area contributed by atoms with Gasteiger partial charge in [-0.25, -0.2) is 4.79 Å². The number of nitrogens with one attached hydrogen (secondary N) is 1. The number of hydrogen-bond acceptors (Lipinski definition) is 4. The van der Waals surface area contributed by atoms with Gasteiger partial charge in [0.1, 0.15) is 21.7 Å². The molecule has 6 aliphatic carbocycles. The van der Waals surface area contributed by atoms with Gasteiger partial charge in [0.15, 0.2) is 0 Å². The van der Waals surface area contributed by atoms with Crippen molar-refractivity contribution in [2.24, 2.45) is 45.3 Å². The Morgan fingerprint density at radius 1 is 1.04 bits per heavy atom. The van der Waals surface area contributed by atoms with Gasteiger partial charge in [0.25, 0.3) is 0 Å². The summed E-state index contributed by atoms with van der Waals surface area (Å²) in [5.41, 5.74) is 0.922. The summed E-state index contributed by atoms with van der Waals surface area (Å²) in [5.74, 6) is 3.78. The summed E-state index contributed by atoms with van der Waals surface area (Å²) in [6.07, 6.45) is -0.267. The van der Waals surface area contributed by atoms with Gasteiger partial charge in [0.05, 0.1) is 11.3 Å². The minimum Gasteiger partial charge on any atom is -0.591 e. The number of carbonyl (C=O) groups is 1. The second-order valence-electron chi connectivity index (χ2n) is 10.7. The van der Waals surface area contributed by atoms with Gasteiger partial charge in [-0.1, -0.05) is 4.40 Å². The number of rotatable bonds is 3. The zero-order valence-corrected chi connectivity index (χ0v) is 16.9. The highest BCUT2D eigenvalue weighted by molar-refractivity contribution is 7.91. The van der Waals surface area contributed by atoms with Crippen LogP contribution in [0.15, 0.2) is 4.40 Å². The fourth-order valence-electron chi connectivity index (χ4n) is 7.32. The van der Waals surface area contributed by atoms with E-state index in [0.29, 0.717) is 35.5 Å². The molecule has 0 unspecified atom stereocenters. The van der Waals surface area contributed by atoms with E-state index < -0.39 is 17.0 Å². The van der Waals surface area contributed by atoms with Crippen LogP contribution in [0.2, 0.25) is 0 Å². The van der Waals surface area contributed by atoms with E-state index in [4.69, 9.17) is 4.74 Å². The lowest BCUT2D eigenvalue weighted by Crippen LogP contribution is -3.16. The SMILES string of the molecule is C/C(=N\[S@@+]([O-])C(C)(C)C)C12C3C4C1C1C2C3C41NC(=O)OC(C)(C)C. The highest BCUT2D eigenvalue weighted by Crippen LogP contribution is 3.07. The molecule has 0 heterocycles. The Bertz CT molecular complexity index is 664. The smallest absolute Gasteiger partial charge is 0.408 e. The average Bonchev–Trinajstić information content (AvgIpc) is 2.44. The molecule has 0 radical (unpaired) electrons. The van der Waals surface area contributed by atoms with Gasteiger partial charge in [0, 0.05) is 5.41 Å². The van der Waals surface area contributed by atoms with E-state index in [-0.39, 0.29) is 21.8 Å². The van der Waals surface area contributed by atoms with E-state index >= 15 is 0 Å². The number of nitrogens with zero attached hydrogens (tertiary/aromatic N) is 1. The molecule has 5 nitrogen and oxygen atoms in total. The maximum atomic E-state index is 12.4. The molecule has 0 bridgehead atoms. The standard InChI is InChI=1S/C19H28N2O3S/c1-8(21-25(23)17(5,6)7)18-9-12-10(18)14-11(18)13(9)19(12,14)20-15(22)24-16(2,3)4/h9-14H,1-7H3,(H,20,22)/b21-8+/t9?,10?,11?,12?,13?,14?,18?,19?,25-/m0/s1. The van der Waals surface area contributed by atoms with Crippen molar-refractivity contribution in [1.82, 2.24) is 5.32 Å². The molecule has 1 N–H and O–H groups in total. The van der Waals surface area contributed by atoms with Gasteiger partial charge >= 0.3 is 6.09 Å². The first-order valence-electron chi connectivity index (χ1n) is 9.37. The van der Waals surface area contributed by atoms with E-state index in [2.05, 4.69) is 16.6 Å². The molecule has 6 heteroatoms. The molecule has 0 aromatic heterocycles. The first kappa shape index (κ1) is 16.4. The lowest BCUT2D eigenvalue weighted by molar-refractivity contribution is -0.602. The van der Waals surface area contributed by atoms with Crippen LogP contribution < -0.4 is 5.32 Å². The first-order valence-corrected chi connectivity index (χ1v) is 10.5. The van der Waals surface area contributed by atoms with Crippen molar-refractivity contribution in [1.29, 1.82) is 0 Å². The Hall–Kier alpha value is -0.750. The molecule has 6 rings (SSSR count). The van der Waals surface area contributed by atoms with E-state index in [9.17, 15) is 9.35 Å². The molecule has 0 aromatic rings. The zero-order chi connectivity index (χ0) is 18.3. The zero-order valence-electron chi connectivity index (χ0n) is 16.0. The van der Waals surface area contributed by atoms with Crippen molar-refractivity contribution < 1.29 is 14.1 Å². The monoisotopic (exact) mass is 364 g/mol. The maximum absolute atomic E-state index is 12.4. The van der Waals surface area contributed by atoms with Crippen molar-refractivity contribution >= 4 is 23.2 Å². The minimum absolute atomic E-state index is 0.0353. The van der Waals surface area contributed by atoms with Crippen LogP contribution in [0, 0.1) is 40.9 Å². The minimum atomic E-state index is -1.18. The Morgan fingerprint density at radius 2 is 1.52 bits per heavy atom. The number of ether oxygens (including phenoxy) is 1. The van der Waals surface area contributed by atoms with E-state index in [1.165, 1.54) is 0 Å². The normalized spacial score (nSPS) is 51.8. The predicted octanol–water partition coefficient (Wildman–Crippen LogP) is 2.92. The molecule has 25 heavy (non-hydrogen) atoms. The number of hydrogen-bond donors (Lipinski definition) is 1. The molecular formula is C19H28N2O3S. The third kappa shape index (κ3) is 1.44. The Labute approximate surface area is 152 Å². The van der Waals surface area contributed by atoms with Crippen LogP contribution in [-0.4, -0.2) is 32.2 Å². The van der Waals surface area contributed by atoms with Crippen molar-refractivity contribution in [2.75, 3.05) is 0 Å². The summed E-state index contributed by atoms with van der Waals surface area (Å²) in [6, 6.07) is 0. The molecular weight excluding hydrogens is 336 g/mol. The second kappa shape index (κ2) is 4.06. The Kier molecular flexibility index (Phi) is 2.67. The molecule has 1 atom stereocenters. The summed E-state index contributed by atoms with van der Waals surface area (Å²) in [7, 11) is 0. The van der Waals surface area contributed by atoms with E-state index in [1.54, 1.807) is 0 Å². The van der Waals surface area contributed by atoms with E-state index in [1.807, 2.05) is 41.5 Å². The molecule has 0 aliphatic heterocycles. The molecule has 6 saturated carbocycles. The molecule has 0 saturated heterocycles. The predicted molar refractivity (Wildman–Crippen MR) is 96.5 cm³/mol. The van der Waals surface area contributed by atoms with Crippen molar-refractivity contribution in [3.8, 4) is 0 Å². The largest absolute Gasteiger partial charge is 0.591 e. The van der Waals surface area contributed by atoms with Crippen LogP contribution in [0.25, 0.3) is 0 Å². The fourth-order valence-corrected chi connectivity index (χ4v) is 8.00. The highest BCUT2D eigenvalue weighted by atomic mass is 32.2. The van der Waals surface area contributed by atoms with Gasteiger partial charge in [-0.05, 0) is 84.0 Å². The lowest BCUT2D eigenvalue weighted by Gasteiger charge is -3.10. The van der Waals surface area contributed by atoms with Crippen LogP contribution in [0.5, 0.6) is 0 Å². The van der Waals surface area contributed by atoms with Gasteiger partial charge in [-0.2, -0.15) is 0 Å². The summed E-state index contributed by atoms with van der Waals surface area (Å²) in [6.45, 7) is 13.7. The third-order valence-corrected chi connectivity index (χ3v) is 9.21. The quantitative estimate of drug-likeness (QED) is 0.618. The molecule has 1 amide bonds. The van der Waals surface area contributed by atoms with Crippen LogP contribution >= 0.6 is 0 Å². The fraction of sp³-hybridized carbons (Fsp3) is 0.895. The molecule has 138 valence electrons. The second-order valence-corrected chi connectivity index (χ2v) is 12.6. The van der Waals surface area contributed by atoms with Crippen LogP contribution in [0.3, 0.4) is 0 Å². The van der Waals surface area contributed by atoms with Crippen LogP contribution in [0.4, 0.5) is 4.79 Å².